The fourth-order valence-electron chi connectivity index (χ4n) is 1.42. The second-order valence-electron chi connectivity index (χ2n) is 4.75. The molecule has 0 unspecified atom stereocenters. The third-order valence-corrected chi connectivity index (χ3v) is 2.40. The molecule has 0 aliphatic rings. The molecule has 1 amide bonds. The third kappa shape index (κ3) is 9.73. The van der Waals surface area contributed by atoms with Crippen molar-refractivity contribution in [3.63, 3.8) is 0 Å². The van der Waals surface area contributed by atoms with Crippen molar-refractivity contribution in [3.05, 3.63) is 0 Å². The molecule has 2 N–H and O–H groups in total. The Morgan fingerprint density at radius 2 is 1.96 bits per heavy atom. The van der Waals surface area contributed by atoms with Gasteiger partial charge in [0.2, 0.25) is 0 Å². The van der Waals surface area contributed by atoms with Gasteiger partial charge in [0.1, 0.15) is 12.5 Å². The molecule has 0 heterocycles. The van der Waals surface area contributed by atoms with Crippen LogP contribution >= 0.6 is 0 Å². The van der Waals surface area contributed by atoms with E-state index in [0.29, 0.717) is 6.21 Å². The highest BCUT2D eigenvalue weighted by Crippen LogP contribution is 2.03. The molecule has 0 saturated carbocycles. The SMILES string of the molecule is CC(C)OC(=O)[C@H](CCC(=O)C=N)NC(=O)COC(=O)CC#N. The van der Waals surface area contributed by atoms with Gasteiger partial charge in [-0.05, 0) is 20.3 Å². The van der Waals surface area contributed by atoms with Crippen LogP contribution in [0.15, 0.2) is 0 Å². The molecule has 0 aliphatic heterocycles. The van der Waals surface area contributed by atoms with Crippen LogP contribution in [0.5, 0.6) is 0 Å². The van der Waals surface area contributed by atoms with E-state index in [-0.39, 0.29) is 12.8 Å². The zero-order chi connectivity index (χ0) is 17.8. The van der Waals surface area contributed by atoms with Crippen LogP contribution in [0.3, 0.4) is 0 Å². The van der Waals surface area contributed by atoms with Crippen LogP contribution in [0.2, 0.25) is 0 Å². The standard InChI is InChI=1S/C14H19N3O6/c1-9(2)23-14(21)11(4-3-10(18)7-16)17-12(19)8-22-13(20)5-6-15/h7,9,11,16H,3-5,8H2,1-2H3,(H,17,19)/t11-/m0/s1. The van der Waals surface area contributed by atoms with Crippen LogP contribution in [0.25, 0.3) is 0 Å². The minimum absolute atomic E-state index is 0.0440. The van der Waals surface area contributed by atoms with Crippen molar-refractivity contribution in [1.29, 1.82) is 10.7 Å². The van der Waals surface area contributed by atoms with Gasteiger partial charge in [-0.2, -0.15) is 5.26 Å². The van der Waals surface area contributed by atoms with Gasteiger partial charge in [-0.25, -0.2) is 4.79 Å². The number of amides is 1. The number of ether oxygens (including phenoxy) is 2. The van der Waals surface area contributed by atoms with Crippen LogP contribution in [-0.2, 0) is 28.7 Å². The molecule has 0 aromatic heterocycles. The molecule has 0 aromatic carbocycles. The topological polar surface area (TPSA) is 146 Å². The van der Waals surface area contributed by atoms with E-state index >= 15 is 0 Å². The number of carbonyl (C=O) groups excluding carboxylic acids is 4. The Morgan fingerprint density at radius 1 is 1.30 bits per heavy atom. The fraction of sp³-hybridized carbons (Fsp3) is 0.571. The number of hydrogen-bond donors (Lipinski definition) is 2. The largest absolute Gasteiger partial charge is 0.461 e. The summed E-state index contributed by atoms with van der Waals surface area (Å²) in [6, 6.07) is 0.478. The van der Waals surface area contributed by atoms with Crippen molar-refractivity contribution in [2.75, 3.05) is 6.61 Å². The normalized spacial score (nSPS) is 11.0. The molecule has 0 bridgehead atoms. The molecule has 9 heteroatoms. The fourth-order valence-corrected chi connectivity index (χ4v) is 1.42. The highest BCUT2D eigenvalue weighted by Gasteiger charge is 2.24. The number of carbonyl (C=O) groups is 4. The summed E-state index contributed by atoms with van der Waals surface area (Å²) in [5.74, 6) is -2.84. The van der Waals surface area contributed by atoms with Crippen molar-refractivity contribution >= 4 is 29.8 Å². The molecule has 0 spiro atoms. The lowest BCUT2D eigenvalue weighted by molar-refractivity contribution is -0.153. The average molecular weight is 325 g/mol. The van der Waals surface area contributed by atoms with Gasteiger partial charge in [0.15, 0.2) is 12.4 Å². The predicted octanol–water partition coefficient (Wildman–Crippen LogP) is -0.121. The monoisotopic (exact) mass is 325 g/mol. The maximum absolute atomic E-state index is 11.9. The summed E-state index contributed by atoms with van der Waals surface area (Å²) in [6.07, 6.45) is -0.433. The summed E-state index contributed by atoms with van der Waals surface area (Å²) in [5.41, 5.74) is 0. The van der Waals surface area contributed by atoms with Gasteiger partial charge in [0.05, 0.1) is 18.4 Å². The Bertz CT molecular complexity index is 509. The number of nitrogens with one attached hydrogen (secondary N) is 2. The number of rotatable bonds is 10. The molecular formula is C14H19N3O6. The maximum Gasteiger partial charge on any atom is 0.328 e. The zero-order valence-electron chi connectivity index (χ0n) is 13.0. The van der Waals surface area contributed by atoms with Gasteiger partial charge in [-0.1, -0.05) is 0 Å². The number of Topliss-reactive ketones (excluding diaryl/α,β-unsaturated/α-hetero) is 1. The van der Waals surface area contributed by atoms with Gasteiger partial charge in [0.25, 0.3) is 5.91 Å². The van der Waals surface area contributed by atoms with Crippen LogP contribution in [-0.4, -0.2) is 48.6 Å². The van der Waals surface area contributed by atoms with Crippen molar-refractivity contribution in [2.24, 2.45) is 0 Å². The minimum atomic E-state index is -1.09. The molecule has 0 fully saturated rings. The number of hydrogen-bond acceptors (Lipinski definition) is 8. The van der Waals surface area contributed by atoms with E-state index in [4.69, 9.17) is 15.4 Å². The second-order valence-corrected chi connectivity index (χ2v) is 4.75. The Morgan fingerprint density at radius 3 is 2.48 bits per heavy atom. The summed E-state index contributed by atoms with van der Waals surface area (Å²) in [5, 5.41) is 17.4. The van der Waals surface area contributed by atoms with E-state index in [1.54, 1.807) is 19.9 Å². The quantitative estimate of drug-likeness (QED) is 0.420. The van der Waals surface area contributed by atoms with Gasteiger partial charge in [-0.15, -0.1) is 0 Å². The number of esters is 2. The van der Waals surface area contributed by atoms with Crippen molar-refractivity contribution < 1.29 is 28.7 Å². The van der Waals surface area contributed by atoms with Crippen LogP contribution in [0, 0.1) is 16.7 Å². The summed E-state index contributed by atoms with van der Waals surface area (Å²) < 4.78 is 9.49. The van der Waals surface area contributed by atoms with Crippen LogP contribution in [0.4, 0.5) is 0 Å². The zero-order valence-corrected chi connectivity index (χ0v) is 13.0. The first-order valence-electron chi connectivity index (χ1n) is 6.85. The first kappa shape index (κ1) is 20.2. The van der Waals surface area contributed by atoms with Crippen LogP contribution < -0.4 is 5.32 Å². The van der Waals surface area contributed by atoms with Gasteiger partial charge in [0, 0.05) is 6.42 Å². The summed E-state index contributed by atoms with van der Waals surface area (Å²) in [4.78, 5) is 45.6. The molecule has 0 rings (SSSR count). The Kier molecular flexibility index (Phi) is 9.59. The van der Waals surface area contributed by atoms with E-state index in [1.807, 2.05) is 0 Å². The molecule has 0 saturated heterocycles. The molecule has 0 aliphatic carbocycles. The van der Waals surface area contributed by atoms with Crippen molar-refractivity contribution in [3.8, 4) is 6.07 Å². The van der Waals surface area contributed by atoms with Crippen molar-refractivity contribution in [1.82, 2.24) is 5.32 Å². The van der Waals surface area contributed by atoms with E-state index in [2.05, 4.69) is 10.1 Å². The predicted molar refractivity (Wildman–Crippen MR) is 77.4 cm³/mol. The highest BCUT2D eigenvalue weighted by molar-refractivity contribution is 6.26. The molecule has 126 valence electrons. The summed E-state index contributed by atoms with van der Waals surface area (Å²) in [7, 11) is 0. The lowest BCUT2D eigenvalue weighted by Crippen LogP contribution is -2.44. The lowest BCUT2D eigenvalue weighted by atomic mass is 10.1. The number of nitrogens with zero attached hydrogens (tertiary/aromatic N) is 1. The van der Waals surface area contributed by atoms with Crippen LogP contribution in [0.1, 0.15) is 33.1 Å². The smallest absolute Gasteiger partial charge is 0.328 e. The van der Waals surface area contributed by atoms with E-state index < -0.39 is 48.8 Å². The molecular weight excluding hydrogens is 306 g/mol. The van der Waals surface area contributed by atoms with E-state index in [0.717, 1.165) is 0 Å². The first-order valence-corrected chi connectivity index (χ1v) is 6.85. The lowest BCUT2D eigenvalue weighted by Gasteiger charge is -2.18. The Hall–Kier alpha value is -2.76. The third-order valence-electron chi connectivity index (χ3n) is 2.40. The first-order chi connectivity index (χ1) is 10.8. The van der Waals surface area contributed by atoms with Gasteiger partial charge >= 0.3 is 11.9 Å². The summed E-state index contributed by atoms with van der Waals surface area (Å²) >= 11 is 0. The Labute approximate surface area is 133 Å². The number of ketones is 1. The summed E-state index contributed by atoms with van der Waals surface area (Å²) in [6.45, 7) is 2.61. The molecule has 0 radical (unpaired) electrons. The average Bonchev–Trinajstić information content (AvgIpc) is 2.48. The number of nitriles is 1. The second kappa shape index (κ2) is 10.9. The minimum Gasteiger partial charge on any atom is -0.461 e. The highest BCUT2D eigenvalue weighted by atomic mass is 16.5. The molecule has 23 heavy (non-hydrogen) atoms. The maximum atomic E-state index is 11.9. The molecule has 1 atom stereocenters. The molecule has 0 aromatic rings. The van der Waals surface area contributed by atoms with Gasteiger partial charge < -0.3 is 20.2 Å². The van der Waals surface area contributed by atoms with Gasteiger partial charge in [-0.3, -0.25) is 14.4 Å². The van der Waals surface area contributed by atoms with E-state index in [1.165, 1.54) is 0 Å². The van der Waals surface area contributed by atoms with E-state index in [9.17, 15) is 19.2 Å². The molecule has 9 nitrogen and oxygen atoms in total. The Balaban J connectivity index is 4.60. The van der Waals surface area contributed by atoms with Crippen molar-refractivity contribution in [2.45, 2.75) is 45.3 Å².